The van der Waals surface area contributed by atoms with Crippen molar-refractivity contribution in [3.05, 3.63) is 29.8 Å². The van der Waals surface area contributed by atoms with Crippen LogP contribution in [-0.4, -0.2) is 69.4 Å². The van der Waals surface area contributed by atoms with Crippen LogP contribution >= 0.6 is 23.5 Å². The molecule has 0 aromatic heterocycles. The summed E-state index contributed by atoms with van der Waals surface area (Å²) in [6, 6.07) is 5.55. The van der Waals surface area contributed by atoms with Gasteiger partial charge in [-0.1, -0.05) is 12.1 Å². The van der Waals surface area contributed by atoms with E-state index in [0.29, 0.717) is 18.1 Å². The predicted molar refractivity (Wildman–Crippen MR) is 114 cm³/mol. The number of hydrogen-bond acceptors (Lipinski definition) is 9. The van der Waals surface area contributed by atoms with Gasteiger partial charge < -0.3 is 19.7 Å². The van der Waals surface area contributed by atoms with Gasteiger partial charge in [0.25, 0.3) is 0 Å². The van der Waals surface area contributed by atoms with Crippen LogP contribution in [0.4, 0.5) is 0 Å². The van der Waals surface area contributed by atoms with Crippen molar-refractivity contribution in [1.82, 2.24) is 5.32 Å². The smallest absolute Gasteiger partial charge is 0.339 e. The Hall–Kier alpha value is -2.24. The number of carboxylic acids is 2. The molecule has 166 valence electrons. The zero-order valence-electron chi connectivity index (χ0n) is 16.7. The molecule has 1 aromatic rings. The summed E-state index contributed by atoms with van der Waals surface area (Å²) in [5, 5.41) is 20.7. The zero-order valence-corrected chi connectivity index (χ0v) is 18.3. The molecule has 9 nitrogen and oxygen atoms in total. The number of para-hydroxylation sites is 1. The number of thioether (sulfide) groups is 2. The molecule has 0 amide bonds. The van der Waals surface area contributed by atoms with Crippen molar-refractivity contribution >= 4 is 47.4 Å². The number of benzene rings is 1. The predicted octanol–water partition coefficient (Wildman–Crippen LogP) is 2.10. The standard InChI is InChI=1S/C10H17NO4S2.C9H8O4/c1-2-15-9(12)6-16-4-3-8-11-7(5-17-8)10(13)14;1-6(10)13-8-5-3-2-4-7(8)9(11)12/h7-8,11H,2-6H2,1H3,(H,13,14);2-5H,1H3,(H,11,12). The summed E-state index contributed by atoms with van der Waals surface area (Å²) in [6.07, 6.45) is 0.860. The summed E-state index contributed by atoms with van der Waals surface area (Å²) < 4.78 is 9.49. The Morgan fingerprint density at radius 3 is 2.50 bits per heavy atom. The van der Waals surface area contributed by atoms with Crippen LogP contribution in [-0.2, 0) is 19.1 Å². The van der Waals surface area contributed by atoms with Gasteiger partial charge in [-0.05, 0) is 31.2 Å². The van der Waals surface area contributed by atoms with Crippen LogP contribution in [0.1, 0.15) is 30.6 Å². The van der Waals surface area contributed by atoms with Crippen molar-refractivity contribution < 1.29 is 38.9 Å². The number of carbonyl (C=O) groups is 4. The van der Waals surface area contributed by atoms with E-state index in [4.69, 9.17) is 14.9 Å². The highest BCUT2D eigenvalue weighted by Crippen LogP contribution is 2.23. The summed E-state index contributed by atoms with van der Waals surface area (Å²) in [5.74, 6) is -0.744. The van der Waals surface area contributed by atoms with Crippen molar-refractivity contribution in [2.75, 3.05) is 23.9 Å². The molecule has 0 bridgehead atoms. The van der Waals surface area contributed by atoms with E-state index in [2.05, 4.69) is 10.1 Å². The molecule has 2 rings (SSSR count). The molecule has 0 aliphatic carbocycles. The van der Waals surface area contributed by atoms with E-state index in [1.807, 2.05) is 0 Å². The monoisotopic (exact) mass is 459 g/mol. The summed E-state index contributed by atoms with van der Waals surface area (Å²) in [7, 11) is 0. The number of carboxylic acid groups (broad SMARTS) is 2. The number of aliphatic carboxylic acids is 1. The first kappa shape index (κ1) is 25.8. The van der Waals surface area contributed by atoms with Crippen LogP contribution in [0, 0.1) is 0 Å². The largest absolute Gasteiger partial charge is 0.480 e. The Balaban J connectivity index is 0.000000311. The van der Waals surface area contributed by atoms with Crippen molar-refractivity contribution in [2.45, 2.75) is 31.7 Å². The lowest BCUT2D eigenvalue weighted by molar-refractivity contribution is -0.140. The average molecular weight is 460 g/mol. The zero-order chi connectivity index (χ0) is 22.5. The average Bonchev–Trinajstić information content (AvgIpc) is 3.15. The number of rotatable bonds is 9. The van der Waals surface area contributed by atoms with Crippen molar-refractivity contribution in [3.63, 3.8) is 0 Å². The second-order valence-corrected chi connectivity index (χ2v) is 8.26. The van der Waals surface area contributed by atoms with E-state index in [1.54, 1.807) is 30.8 Å². The van der Waals surface area contributed by atoms with Gasteiger partial charge >= 0.3 is 23.9 Å². The number of nitrogens with one attached hydrogen (secondary N) is 1. The molecule has 0 spiro atoms. The SMILES string of the molecule is CC(=O)Oc1ccccc1C(=O)O.CCOC(=O)CSCCC1NC(C(=O)O)CS1. The Morgan fingerprint density at radius 2 is 1.93 bits per heavy atom. The molecule has 2 unspecified atom stereocenters. The fraction of sp³-hybridized carbons (Fsp3) is 0.474. The summed E-state index contributed by atoms with van der Waals surface area (Å²) in [4.78, 5) is 42.9. The van der Waals surface area contributed by atoms with Gasteiger partial charge in [0.1, 0.15) is 17.4 Å². The van der Waals surface area contributed by atoms with Gasteiger partial charge in [0.15, 0.2) is 0 Å². The first-order valence-electron chi connectivity index (χ1n) is 9.09. The number of esters is 2. The first-order valence-corrected chi connectivity index (χ1v) is 11.3. The molecule has 11 heteroatoms. The molecule has 0 radical (unpaired) electrons. The second-order valence-electron chi connectivity index (χ2n) is 5.92. The third kappa shape index (κ3) is 9.99. The van der Waals surface area contributed by atoms with E-state index >= 15 is 0 Å². The Kier molecular flexibility index (Phi) is 11.9. The normalized spacial score (nSPS) is 17.4. The highest BCUT2D eigenvalue weighted by molar-refractivity contribution is 8.00. The Labute approximate surface area is 182 Å². The molecule has 1 aliphatic rings. The number of carbonyl (C=O) groups excluding carboxylic acids is 2. The van der Waals surface area contributed by atoms with E-state index in [9.17, 15) is 19.2 Å². The third-order valence-electron chi connectivity index (χ3n) is 3.57. The molecule has 0 saturated carbocycles. The maximum absolute atomic E-state index is 11.0. The molecule has 1 aromatic carbocycles. The molecular formula is C19H25NO8S2. The van der Waals surface area contributed by atoms with Gasteiger partial charge in [-0.2, -0.15) is 11.8 Å². The van der Waals surface area contributed by atoms with Gasteiger partial charge in [-0.3, -0.25) is 19.7 Å². The lowest BCUT2D eigenvalue weighted by Gasteiger charge is -2.10. The van der Waals surface area contributed by atoms with E-state index in [0.717, 1.165) is 12.2 Å². The van der Waals surface area contributed by atoms with Gasteiger partial charge in [0, 0.05) is 12.7 Å². The summed E-state index contributed by atoms with van der Waals surface area (Å²) in [5.41, 5.74) is -0.0160. The van der Waals surface area contributed by atoms with Crippen LogP contribution in [0.5, 0.6) is 5.75 Å². The first-order chi connectivity index (χ1) is 14.2. The molecule has 1 heterocycles. The molecule has 30 heavy (non-hydrogen) atoms. The van der Waals surface area contributed by atoms with E-state index in [1.165, 1.54) is 30.8 Å². The van der Waals surface area contributed by atoms with Gasteiger partial charge in [-0.15, -0.1) is 11.8 Å². The van der Waals surface area contributed by atoms with Gasteiger partial charge in [0.05, 0.1) is 17.7 Å². The minimum atomic E-state index is -1.11. The lowest BCUT2D eigenvalue weighted by atomic mass is 10.2. The fourth-order valence-electron chi connectivity index (χ4n) is 2.28. The second kappa shape index (κ2) is 13.9. The number of ether oxygens (including phenoxy) is 2. The minimum absolute atomic E-state index is 0.0160. The molecule has 3 N–H and O–H groups in total. The number of aromatic carboxylic acids is 1. The highest BCUT2D eigenvalue weighted by Gasteiger charge is 2.28. The van der Waals surface area contributed by atoms with Crippen molar-refractivity contribution in [1.29, 1.82) is 0 Å². The van der Waals surface area contributed by atoms with Gasteiger partial charge in [-0.25, -0.2) is 4.79 Å². The van der Waals surface area contributed by atoms with E-state index in [-0.39, 0.29) is 22.7 Å². The molecule has 1 fully saturated rings. The lowest BCUT2D eigenvalue weighted by Crippen LogP contribution is -2.36. The minimum Gasteiger partial charge on any atom is -0.480 e. The molecule has 1 saturated heterocycles. The van der Waals surface area contributed by atoms with Crippen LogP contribution in [0.25, 0.3) is 0 Å². The summed E-state index contributed by atoms with van der Waals surface area (Å²) >= 11 is 3.15. The van der Waals surface area contributed by atoms with Crippen molar-refractivity contribution in [3.8, 4) is 5.75 Å². The fourth-order valence-corrected chi connectivity index (χ4v) is 4.43. The van der Waals surface area contributed by atoms with Gasteiger partial charge in [0.2, 0.25) is 0 Å². The molecule has 1 aliphatic heterocycles. The van der Waals surface area contributed by atoms with E-state index < -0.39 is 23.9 Å². The molecular weight excluding hydrogens is 434 g/mol. The van der Waals surface area contributed by atoms with Crippen LogP contribution in [0.2, 0.25) is 0 Å². The van der Waals surface area contributed by atoms with Crippen LogP contribution in [0.15, 0.2) is 24.3 Å². The third-order valence-corrected chi connectivity index (χ3v) is 5.83. The maximum atomic E-state index is 11.0. The van der Waals surface area contributed by atoms with Crippen LogP contribution in [0.3, 0.4) is 0 Å². The Bertz CT molecular complexity index is 743. The topological polar surface area (TPSA) is 139 Å². The number of hydrogen-bond donors (Lipinski definition) is 3. The van der Waals surface area contributed by atoms with Crippen LogP contribution < -0.4 is 10.1 Å². The molecule has 2 atom stereocenters. The maximum Gasteiger partial charge on any atom is 0.339 e. The Morgan fingerprint density at radius 1 is 1.23 bits per heavy atom. The quantitative estimate of drug-likeness (QED) is 0.284. The highest BCUT2D eigenvalue weighted by atomic mass is 32.2. The summed E-state index contributed by atoms with van der Waals surface area (Å²) in [6.45, 7) is 3.42. The van der Waals surface area contributed by atoms with Crippen molar-refractivity contribution in [2.24, 2.45) is 0 Å².